The molecule has 0 saturated heterocycles. The molecule has 0 aliphatic heterocycles. The van der Waals surface area contributed by atoms with Crippen LogP contribution in [0.3, 0.4) is 0 Å². The zero-order valence-corrected chi connectivity index (χ0v) is 15.4. The van der Waals surface area contributed by atoms with Gasteiger partial charge in [-0.2, -0.15) is 10.5 Å². The van der Waals surface area contributed by atoms with Gasteiger partial charge in [-0.05, 0) is 12.1 Å². The fourth-order valence-corrected chi connectivity index (χ4v) is 3.76. The van der Waals surface area contributed by atoms with Crippen molar-refractivity contribution in [1.29, 1.82) is 10.5 Å². The molecule has 3 N–H and O–H groups in total. The molecule has 0 radical (unpaired) electrons. The van der Waals surface area contributed by atoms with E-state index in [0.29, 0.717) is 27.2 Å². The van der Waals surface area contributed by atoms with E-state index in [1.165, 1.54) is 29.4 Å². The van der Waals surface area contributed by atoms with Crippen molar-refractivity contribution in [3.63, 3.8) is 0 Å². The number of nitrogen functional groups attached to an aromatic ring is 1. The van der Waals surface area contributed by atoms with Gasteiger partial charge in [0.15, 0.2) is 5.13 Å². The van der Waals surface area contributed by atoms with Gasteiger partial charge >= 0.3 is 0 Å². The number of hydrogen-bond donors (Lipinski definition) is 2. The predicted molar refractivity (Wildman–Crippen MR) is 102 cm³/mol. The Labute approximate surface area is 162 Å². The van der Waals surface area contributed by atoms with Crippen molar-refractivity contribution < 1.29 is 9.21 Å². The first-order valence-corrected chi connectivity index (χ1v) is 9.50. The van der Waals surface area contributed by atoms with Gasteiger partial charge in [0, 0.05) is 23.8 Å². The number of nitrogens with one attached hydrogen (secondary N) is 1. The minimum absolute atomic E-state index is 0.0117. The number of anilines is 2. The van der Waals surface area contributed by atoms with Gasteiger partial charge < -0.3 is 15.5 Å². The second kappa shape index (κ2) is 8.36. The lowest BCUT2D eigenvalue weighted by Crippen LogP contribution is -2.12. The Hall–Kier alpha value is -3.34. The normalized spacial score (nSPS) is 10.1. The van der Waals surface area contributed by atoms with E-state index in [9.17, 15) is 15.3 Å². The lowest BCUT2D eigenvalue weighted by Gasteiger charge is -2.11. The SMILES string of the molecule is N#Cc1c(N)nc(SCCC(=O)Nc2nccs2)c(C#N)c1-c1ccco1. The number of hydrogen-bond acceptors (Lipinski definition) is 9. The quantitative estimate of drug-likeness (QED) is 0.605. The summed E-state index contributed by atoms with van der Waals surface area (Å²) in [6.07, 6.45) is 3.25. The molecule has 27 heavy (non-hydrogen) atoms. The van der Waals surface area contributed by atoms with Crippen molar-refractivity contribution in [2.24, 2.45) is 0 Å². The highest BCUT2D eigenvalue weighted by molar-refractivity contribution is 7.99. The number of thiazole rings is 1. The van der Waals surface area contributed by atoms with Gasteiger partial charge in [-0.1, -0.05) is 0 Å². The van der Waals surface area contributed by atoms with Crippen LogP contribution < -0.4 is 11.1 Å². The number of nitrogens with zero attached hydrogens (tertiary/aromatic N) is 4. The Kier molecular flexibility index (Phi) is 5.71. The zero-order valence-electron chi connectivity index (χ0n) is 13.8. The number of carbonyl (C=O) groups is 1. The summed E-state index contributed by atoms with van der Waals surface area (Å²) >= 11 is 2.55. The van der Waals surface area contributed by atoms with Crippen LogP contribution in [0.4, 0.5) is 10.9 Å². The van der Waals surface area contributed by atoms with Crippen LogP contribution in [0.25, 0.3) is 11.3 Å². The molecule has 0 fully saturated rings. The highest BCUT2D eigenvalue weighted by Gasteiger charge is 2.22. The molecule has 0 spiro atoms. The molecule has 0 bridgehead atoms. The fourth-order valence-electron chi connectivity index (χ4n) is 2.28. The number of thioether (sulfide) groups is 1. The van der Waals surface area contributed by atoms with E-state index in [-0.39, 0.29) is 29.3 Å². The fraction of sp³-hybridized carbons (Fsp3) is 0.118. The Morgan fingerprint density at radius 2 is 2.19 bits per heavy atom. The van der Waals surface area contributed by atoms with Crippen LogP contribution in [0, 0.1) is 22.7 Å². The number of nitriles is 2. The van der Waals surface area contributed by atoms with Crippen molar-refractivity contribution >= 4 is 40.0 Å². The van der Waals surface area contributed by atoms with E-state index >= 15 is 0 Å². The number of amides is 1. The third-order valence-electron chi connectivity index (χ3n) is 3.43. The van der Waals surface area contributed by atoms with Crippen molar-refractivity contribution in [2.75, 3.05) is 16.8 Å². The predicted octanol–water partition coefficient (Wildman–Crippen LogP) is 3.24. The van der Waals surface area contributed by atoms with Gasteiger partial charge in [-0.25, -0.2) is 9.97 Å². The number of nitrogens with two attached hydrogens (primary N) is 1. The van der Waals surface area contributed by atoms with Crippen LogP contribution in [-0.2, 0) is 4.79 Å². The van der Waals surface area contributed by atoms with Gasteiger partial charge in [-0.15, -0.1) is 23.1 Å². The number of aromatic nitrogens is 2. The van der Waals surface area contributed by atoms with Crippen molar-refractivity contribution in [3.05, 3.63) is 41.1 Å². The van der Waals surface area contributed by atoms with Gasteiger partial charge in [0.2, 0.25) is 5.91 Å². The summed E-state index contributed by atoms with van der Waals surface area (Å²) in [4.78, 5) is 20.1. The maximum absolute atomic E-state index is 12.0. The van der Waals surface area contributed by atoms with E-state index in [1.807, 2.05) is 6.07 Å². The molecule has 3 heterocycles. The molecule has 0 aliphatic carbocycles. The summed E-state index contributed by atoms with van der Waals surface area (Å²) in [6, 6.07) is 7.35. The minimum atomic E-state index is -0.191. The second-order valence-corrected chi connectivity index (χ2v) is 7.09. The molecule has 1 amide bonds. The number of rotatable bonds is 6. The van der Waals surface area contributed by atoms with E-state index in [0.717, 1.165) is 0 Å². The summed E-state index contributed by atoms with van der Waals surface area (Å²) in [5.41, 5.74) is 6.50. The topological polar surface area (TPSA) is 142 Å². The smallest absolute Gasteiger partial charge is 0.226 e. The largest absolute Gasteiger partial charge is 0.464 e. The van der Waals surface area contributed by atoms with Crippen LogP contribution >= 0.6 is 23.1 Å². The summed E-state index contributed by atoms with van der Waals surface area (Å²) in [5, 5.41) is 24.3. The molecule has 3 rings (SSSR count). The first-order chi connectivity index (χ1) is 13.1. The minimum Gasteiger partial charge on any atom is -0.464 e. The van der Waals surface area contributed by atoms with Gasteiger partial charge in [-0.3, -0.25) is 4.79 Å². The number of furan rings is 1. The van der Waals surface area contributed by atoms with Gasteiger partial charge in [0.1, 0.15) is 34.3 Å². The summed E-state index contributed by atoms with van der Waals surface area (Å²) < 4.78 is 5.35. The third-order valence-corrected chi connectivity index (χ3v) is 5.10. The van der Waals surface area contributed by atoms with Gasteiger partial charge in [0.25, 0.3) is 0 Å². The van der Waals surface area contributed by atoms with E-state index < -0.39 is 0 Å². The lowest BCUT2D eigenvalue weighted by atomic mass is 10.0. The summed E-state index contributed by atoms with van der Waals surface area (Å²) in [7, 11) is 0. The monoisotopic (exact) mass is 396 g/mol. The Morgan fingerprint density at radius 1 is 1.37 bits per heavy atom. The summed E-state index contributed by atoms with van der Waals surface area (Å²) in [6.45, 7) is 0. The molecule has 0 aromatic carbocycles. The van der Waals surface area contributed by atoms with Crippen molar-refractivity contribution in [1.82, 2.24) is 9.97 Å². The molecule has 8 nitrogen and oxygen atoms in total. The highest BCUT2D eigenvalue weighted by atomic mass is 32.2. The first kappa shape index (κ1) is 18.5. The average Bonchev–Trinajstić information content (AvgIpc) is 3.35. The molecule has 10 heteroatoms. The maximum atomic E-state index is 12.0. The Morgan fingerprint density at radius 3 is 2.81 bits per heavy atom. The van der Waals surface area contributed by atoms with Crippen molar-refractivity contribution in [2.45, 2.75) is 11.4 Å². The zero-order chi connectivity index (χ0) is 19.2. The molecule has 3 aromatic heterocycles. The highest BCUT2D eigenvalue weighted by Crippen LogP contribution is 2.35. The lowest BCUT2D eigenvalue weighted by molar-refractivity contribution is -0.115. The molecule has 0 unspecified atom stereocenters. The molecule has 0 aliphatic rings. The Balaban J connectivity index is 1.81. The summed E-state index contributed by atoms with van der Waals surface area (Å²) in [5.74, 6) is 0.559. The standard InChI is InChI=1S/C17H12N6O2S2/c18-8-10-14(12-2-1-5-25-12)11(9-19)16(23-15(10)20)26-6-3-13(24)22-17-21-4-7-27-17/h1-2,4-5,7H,3,6H2,(H2,20,23)(H,21,22,24). The third kappa shape index (κ3) is 4.08. The molecule has 0 atom stereocenters. The van der Waals surface area contributed by atoms with Crippen LogP contribution in [-0.4, -0.2) is 21.6 Å². The van der Waals surface area contributed by atoms with E-state index in [1.54, 1.807) is 23.7 Å². The molecule has 0 saturated carbocycles. The first-order valence-electron chi connectivity index (χ1n) is 7.63. The molecule has 134 valence electrons. The molecule has 3 aromatic rings. The average molecular weight is 396 g/mol. The number of pyridine rings is 1. The van der Waals surface area contributed by atoms with Crippen LogP contribution in [0.2, 0.25) is 0 Å². The van der Waals surface area contributed by atoms with E-state index in [2.05, 4.69) is 21.4 Å². The van der Waals surface area contributed by atoms with Gasteiger partial charge in [0.05, 0.1) is 17.4 Å². The second-order valence-electron chi connectivity index (χ2n) is 5.11. The van der Waals surface area contributed by atoms with Crippen LogP contribution in [0.15, 0.2) is 39.4 Å². The van der Waals surface area contributed by atoms with Crippen LogP contribution in [0.1, 0.15) is 17.5 Å². The van der Waals surface area contributed by atoms with Crippen molar-refractivity contribution in [3.8, 4) is 23.5 Å². The molecular formula is C17H12N6O2S2. The molecular weight excluding hydrogens is 384 g/mol. The maximum Gasteiger partial charge on any atom is 0.226 e. The number of carbonyl (C=O) groups excluding carboxylic acids is 1. The van der Waals surface area contributed by atoms with E-state index in [4.69, 9.17) is 10.2 Å². The van der Waals surface area contributed by atoms with Crippen LogP contribution in [0.5, 0.6) is 0 Å². The Bertz CT molecular complexity index is 1030.